The maximum absolute atomic E-state index is 13.3. The Morgan fingerprint density at radius 1 is 1.32 bits per heavy atom. The topological polar surface area (TPSA) is 80.7 Å². The Hall–Kier alpha value is -2.13. The van der Waals surface area contributed by atoms with Gasteiger partial charge in [0.15, 0.2) is 11.5 Å². The summed E-state index contributed by atoms with van der Waals surface area (Å²) in [6.07, 6.45) is 3.35. The smallest absolute Gasteiger partial charge is 0.254 e. The van der Waals surface area contributed by atoms with Crippen molar-refractivity contribution in [3.63, 3.8) is 0 Å². The van der Waals surface area contributed by atoms with Crippen LogP contribution in [0.25, 0.3) is 0 Å². The molecule has 31 heavy (non-hydrogen) atoms. The van der Waals surface area contributed by atoms with Gasteiger partial charge in [-0.1, -0.05) is 6.08 Å². The van der Waals surface area contributed by atoms with Gasteiger partial charge in [-0.2, -0.15) is 0 Å². The zero-order valence-electron chi connectivity index (χ0n) is 17.9. The number of carbonyl (C=O) groups excluding carboxylic acids is 1. The summed E-state index contributed by atoms with van der Waals surface area (Å²) in [7, 11) is 0. The number of β-amino-alcohol motifs (C(OH)–C–C–N with tert-alkyl or cyclic N) is 1. The fourth-order valence-corrected chi connectivity index (χ4v) is 4.01. The minimum atomic E-state index is -0.559. The van der Waals surface area contributed by atoms with Crippen LogP contribution < -0.4 is 9.47 Å². The van der Waals surface area contributed by atoms with E-state index in [0.29, 0.717) is 55.8 Å². The Bertz CT molecular complexity index is 768. The zero-order chi connectivity index (χ0) is 21.6. The molecule has 2 unspecified atom stereocenters. The second-order valence-electron chi connectivity index (χ2n) is 8.45. The normalized spacial score (nSPS) is 21.6. The second kappa shape index (κ2) is 10.5. The van der Waals surface area contributed by atoms with Crippen LogP contribution >= 0.6 is 0 Å². The number of aliphatic hydroxyl groups is 1. The van der Waals surface area contributed by atoms with Crippen LogP contribution in [0.5, 0.6) is 11.5 Å². The maximum atomic E-state index is 13.3. The van der Waals surface area contributed by atoms with Gasteiger partial charge in [-0.3, -0.25) is 9.69 Å². The summed E-state index contributed by atoms with van der Waals surface area (Å²) in [5, 5.41) is 10.2. The summed E-state index contributed by atoms with van der Waals surface area (Å²) in [5.74, 6) is 1.85. The van der Waals surface area contributed by atoms with Gasteiger partial charge in [0, 0.05) is 38.3 Å². The van der Waals surface area contributed by atoms with E-state index in [9.17, 15) is 9.90 Å². The number of rotatable bonds is 11. The minimum Gasteiger partial charge on any atom is -0.454 e. The summed E-state index contributed by atoms with van der Waals surface area (Å²) in [6.45, 7) is 8.32. The van der Waals surface area contributed by atoms with Crippen LogP contribution in [0.3, 0.4) is 0 Å². The van der Waals surface area contributed by atoms with Crippen molar-refractivity contribution in [2.75, 3.05) is 59.3 Å². The third-order valence-corrected chi connectivity index (χ3v) is 5.74. The molecule has 2 aliphatic heterocycles. The van der Waals surface area contributed by atoms with Gasteiger partial charge >= 0.3 is 0 Å². The summed E-state index contributed by atoms with van der Waals surface area (Å²) in [4.78, 5) is 17.4. The predicted molar refractivity (Wildman–Crippen MR) is 114 cm³/mol. The lowest BCUT2D eigenvalue weighted by atomic mass is 10.1. The number of carbonyl (C=O) groups is 1. The molecule has 8 nitrogen and oxygen atoms in total. The van der Waals surface area contributed by atoms with Crippen LogP contribution in [0.15, 0.2) is 30.9 Å². The Morgan fingerprint density at radius 2 is 2.16 bits per heavy atom. The van der Waals surface area contributed by atoms with Crippen LogP contribution in [0, 0.1) is 5.92 Å². The molecule has 3 aliphatic rings. The molecule has 8 heteroatoms. The number of morpholine rings is 1. The van der Waals surface area contributed by atoms with E-state index < -0.39 is 6.10 Å². The number of ether oxygens (including phenoxy) is 4. The Morgan fingerprint density at radius 3 is 2.97 bits per heavy atom. The number of benzene rings is 1. The number of hydrogen-bond acceptors (Lipinski definition) is 7. The zero-order valence-corrected chi connectivity index (χ0v) is 17.9. The maximum Gasteiger partial charge on any atom is 0.254 e. The molecule has 1 N–H and O–H groups in total. The van der Waals surface area contributed by atoms with Crippen LogP contribution in [-0.4, -0.2) is 92.4 Å². The molecule has 1 amide bonds. The SMILES string of the molecule is C=CCOCC(O)CN1CCOC(CN(CC2CC2)C(=O)c2ccc3c(c2)OCO3)C1. The summed E-state index contributed by atoms with van der Waals surface area (Å²) >= 11 is 0. The van der Waals surface area contributed by atoms with Crippen LogP contribution in [-0.2, 0) is 9.47 Å². The van der Waals surface area contributed by atoms with E-state index in [0.717, 1.165) is 13.1 Å². The minimum absolute atomic E-state index is 0.0104. The van der Waals surface area contributed by atoms with Gasteiger partial charge in [-0.15, -0.1) is 6.58 Å². The van der Waals surface area contributed by atoms with Gasteiger partial charge in [0.1, 0.15) is 0 Å². The van der Waals surface area contributed by atoms with E-state index in [4.69, 9.17) is 18.9 Å². The molecule has 1 aliphatic carbocycles. The van der Waals surface area contributed by atoms with Crippen molar-refractivity contribution < 1.29 is 28.8 Å². The van der Waals surface area contributed by atoms with Crippen molar-refractivity contribution in [2.45, 2.75) is 25.0 Å². The molecule has 170 valence electrons. The molecule has 4 rings (SSSR count). The first-order valence-electron chi connectivity index (χ1n) is 11.0. The Balaban J connectivity index is 1.34. The molecule has 1 aromatic rings. The monoisotopic (exact) mass is 432 g/mol. The number of amides is 1. The molecule has 2 atom stereocenters. The van der Waals surface area contributed by atoms with Crippen molar-refractivity contribution in [3.05, 3.63) is 36.4 Å². The quantitative estimate of drug-likeness (QED) is 0.420. The van der Waals surface area contributed by atoms with Crippen molar-refractivity contribution in [1.82, 2.24) is 9.80 Å². The summed E-state index contributed by atoms with van der Waals surface area (Å²) in [6, 6.07) is 5.35. The molecule has 1 saturated carbocycles. The fraction of sp³-hybridized carbons (Fsp3) is 0.609. The van der Waals surface area contributed by atoms with Crippen molar-refractivity contribution in [1.29, 1.82) is 0 Å². The standard InChI is InChI=1S/C23H32N2O6/c1-2-8-28-15-19(26)12-24-7-9-29-20(13-24)14-25(11-17-3-4-17)23(27)18-5-6-21-22(10-18)31-16-30-21/h2,5-6,10,17,19-20,26H,1,3-4,7-9,11-16H2. The second-order valence-corrected chi connectivity index (χ2v) is 8.45. The molecule has 0 spiro atoms. The summed E-state index contributed by atoms with van der Waals surface area (Å²) < 4.78 is 22.1. The molecule has 1 aromatic carbocycles. The van der Waals surface area contributed by atoms with E-state index >= 15 is 0 Å². The first-order chi connectivity index (χ1) is 15.1. The molecule has 0 bridgehead atoms. The highest BCUT2D eigenvalue weighted by Crippen LogP contribution is 2.34. The van der Waals surface area contributed by atoms with E-state index in [1.807, 2.05) is 4.90 Å². The van der Waals surface area contributed by atoms with E-state index in [1.54, 1.807) is 24.3 Å². The third-order valence-electron chi connectivity index (χ3n) is 5.74. The van der Waals surface area contributed by atoms with E-state index in [1.165, 1.54) is 12.8 Å². The first-order valence-corrected chi connectivity index (χ1v) is 11.0. The summed E-state index contributed by atoms with van der Waals surface area (Å²) in [5.41, 5.74) is 0.604. The number of fused-ring (bicyclic) bond motifs is 1. The molecule has 2 fully saturated rings. The van der Waals surface area contributed by atoms with E-state index in [-0.39, 0.29) is 25.4 Å². The highest BCUT2D eigenvalue weighted by molar-refractivity contribution is 5.95. The molecular formula is C23H32N2O6. The average Bonchev–Trinajstić information content (AvgIpc) is 3.46. The number of aliphatic hydroxyl groups excluding tert-OH is 1. The van der Waals surface area contributed by atoms with Gasteiger partial charge in [0.25, 0.3) is 5.91 Å². The lowest BCUT2D eigenvalue weighted by Gasteiger charge is -2.36. The molecule has 0 radical (unpaired) electrons. The Kier molecular flexibility index (Phi) is 7.45. The van der Waals surface area contributed by atoms with Crippen molar-refractivity contribution in [2.24, 2.45) is 5.92 Å². The molecule has 0 aromatic heterocycles. The van der Waals surface area contributed by atoms with Crippen LogP contribution in [0.1, 0.15) is 23.2 Å². The highest BCUT2D eigenvalue weighted by atomic mass is 16.7. The average molecular weight is 433 g/mol. The van der Waals surface area contributed by atoms with Crippen LogP contribution in [0.2, 0.25) is 0 Å². The van der Waals surface area contributed by atoms with Crippen LogP contribution in [0.4, 0.5) is 0 Å². The van der Waals surface area contributed by atoms with Gasteiger partial charge in [-0.25, -0.2) is 0 Å². The van der Waals surface area contributed by atoms with Gasteiger partial charge < -0.3 is 29.0 Å². The largest absolute Gasteiger partial charge is 0.454 e. The number of hydrogen-bond donors (Lipinski definition) is 1. The van der Waals surface area contributed by atoms with E-state index in [2.05, 4.69) is 11.5 Å². The van der Waals surface area contributed by atoms with Crippen molar-refractivity contribution >= 4 is 5.91 Å². The van der Waals surface area contributed by atoms with Gasteiger partial charge in [0.05, 0.1) is 32.0 Å². The predicted octanol–water partition coefficient (Wildman–Crippen LogP) is 1.53. The highest BCUT2D eigenvalue weighted by Gasteiger charge is 2.31. The van der Waals surface area contributed by atoms with Gasteiger partial charge in [0.2, 0.25) is 6.79 Å². The lowest BCUT2D eigenvalue weighted by molar-refractivity contribution is -0.0578. The first kappa shape index (κ1) is 22.1. The third kappa shape index (κ3) is 6.20. The fourth-order valence-electron chi connectivity index (χ4n) is 4.01. The Labute approximate surface area is 183 Å². The lowest BCUT2D eigenvalue weighted by Crippen LogP contribution is -2.51. The molecule has 2 heterocycles. The van der Waals surface area contributed by atoms with Crippen molar-refractivity contribution in [3.8, 4) is 11.5 Å². The number of nitrogens with zero attached hydrogens (tertiary/aromatic N) is 2. The molecular weight excluding hydrogens is 400 g/mol. The van der Waals surface area contributed by atoms with Gasteiger partial charge in [-0.05, 0) is 37.0 Å². The molecule has 1 saturated heterocycles.